The number of halogens is 3. The van der Waals surface area contributed by atoms with Gasteiger partial charge < -0.3 is 24.8 Å². The first-order chi connectivity index (χ1) is 16.9. The number of ether oxygens (including phenoxy) is 3. The van der Waals surface area contributed by atoms with E-state index >= 15 is 0 Å². The normalized spacial score (nSPS) is 10.7. The number of carbonyl (C=O) groups excluding carboxylic acids is 1. The van der Waals surface area contributed by atoms with E-state index in [2.05, 4.69) is 15.6 Å². The Bertz CT molecular complexity index is 1400. The number of urea groups is 1. The van der Waals surface area contributed by atoms with Gasteiger partial charge in [-0.25, -0.2) is 18.0 Å². The fourth-order valence-electron chi connectivity index (χ4n) is 3.33. The van der Waals surface area contributed by atoms with Crippen LogP contribution in [-0.2, 0) is 6.54 Å². The predicted octanol–water partition coefficient (Wildman–Crippen LogP) is 5.78. The van der Waals surface area contributed by atoms with Gasteiger partial charge in [-0.15, -0.1) is 0 Å². The second-order valence-electron chi connectivity index (χ2n) is 7.32. The van der Waals surface area contributed by atoms with Crippen molar-refractivity contribution >= 4 is 22.6 Å². The highest BCUT2D eigenvalue weighted by Crippen LogP contribution is 2.37. The Kier molecular flexibility index (Phi) is 6.91. The fraction of sp³-hybridized carbons (Fsp3) is 0.120. The van der Waals surface area contributed by atoms with Crippen LogP contribution in [0, 0.1) is 17.5 Å². The van der Waals surface area contributed by atoms with Crippen molar-refractivity contribution in [2.45, 2.75) is 6.54 Å². The van der Waals surface area contributed by atoms with E-state index in [-0.39, 0.29) is 23.5 Å². The molecule has 0 aliphatic heterocycles. The van der Waals surface area contributed by atoms with Crippen molar-refractivity contribution in [2.24, 2.45) is 0 Å². The van der Waals surface area contributed by atoms with E-state index in [1.54, 1.807) is 24.4 Å². The maximum Gasteiger partial charge on any atom is 0.319 e. The lowest BCUT2D eigenvalue weighted by Gasteiger charge is -2.13. The number of pyridine rings is 1. The molecule has 7 nitrogen and oxygen atoms in total. The van der Waals surface area contributed by atoms with Crippen molar-refractivity contribution in [1.82, 2.24) is 10.3 Å². The molecule has 0 unspecified atom stereocenters. The van der Waals surface area contributed by atoms with E-state index < -0.39 is 23.5 Å². The van der Waals surface area contributed by atoms with E-state index in [0.717, 1.165) is 12.1 Å². The topological polar surface area (TPSA) is 81.7 Å². The van der Waals surface area contributed by atoms with Crippen LogP contribution in [0.5, 0.6) is 23.0 Å². The highest BCUT2D eigenvalue weighted by atomic mass is 19.1. The van der Waals surface area contributed by atoms with Gasteiger partial charge in [0.05, 0.1) is 25.4 Å². The molecule has 1 heterocycles. The Labute approximate surface area is 198 Å². The summed E-state index contributed by atoms with van der Waals surface area (Å²) >= 11 is 0. The van der Waals surface area contributed by atoms with Gasteiger partial charge in [0.25, 0.3) is 0 Å². The molecule has 4 aromatic rings. The summed E-state index contributed by atoms with van der Waals surface area (Å²) in [5, 5.41) is 5.36. The maximum atomic E-state index is 14.6. The van der Waals surface area contributed by atoms with Crippen LogP contribution in [-0.4, -0.2) is 25.2 Å². The van der Waals surface area contributed by atoms with Gasteiger partial charge in [-0.1, -0.05) is 6.07 Å². The SMILES string of the molecule is COc1cc2nccc(Oc3ccc(NC(=O)NCc4ccc(F)cc4F)c(F)c3)c2cc1OC. The molecule has 0 fully saturated rings. The lowest BCUT2D eigenvalue weighted by atomic mass is 10.2. The molecule has 180 valence electrons. The first-order valence-electron chi connectivity index (χ1n) is 10.3. The number of benzene rings is 3. The summed E-state index contributed by atoms with van der Waals surface area (Å²) in [7, 11) is 3.03. The number of aromatic nitrogens is 1. The molecule has 0 saturated heterocycles. The number of amides is 2. The quantitative estimate of drug-likeness (QED) is 0.348. The summed E-state index contributed by atoms with van der Waals surface area (Å²) in [6.45, 7) is -0.204. The molecule has 4 rings (SSSR count). The van der Waals surface area contributed by atoms with Crippen molar-refractivity contribution in [3.8, 4) is 23.0 Å². The zero-order chi connectivity index (χ0) is 24.9. The summed E-state index contributed by atoms with van der Waals surface area (Å²) in [5.41, 5.74) is 0.568. The average Bonchev–Trinajstić information content (AvgIpc) is 2.84. The molecule has 3 aromatic carbocycles. The highest BCUT2D eigenvalue weighted by molar-refractivity contribution is 5.90. The summed E-state index contributed by atoms with van der Waals surface area (Å²) in [5.74, 6) is -0.680. The summed E-state index contributed by atoms with van der Waals surface area (Å²) in [4.78, 5) is 16.4. The second-order valence-corrected chi connectivity index (χ2v) is 7.32. The molecule has 0 atom stereocenters. The van der Waals surface area contributed by atoms with Gasteiger partial charge in [-0.2, -0.15) is 0 Å². The van der Waals surface area contributed by atoms with Gasteiger partial charge in [0.2, 0.25) is 0 Å². The lowest BCUT2D eigenvalue weighted by Crippen LogP contribution is -2.28. The van der Waals surface area contributed by atoms with E-state index in [1.165, 1.54) is 32.4 Å². The van der Waals surface area contributed by atoms with Crippen LogP contribution in [0.1, 0.15) is 5.56 Å². The van der Waals surface area contributed by atoms with Crippen LogP contribution >= 0.6 is 0 Å². The molecular formula is C25H20F3N3O4. The number of nitrogens with one attached hydrogen (secondary N) is 2. The average molecular weight is 483 g/mol. The number of fused-ring (bicyclic) bond motifs is 1. The molecule has 0 saturated carbocycles. The van der Waals surface area contributed by atoms with Crippen LogP contribution in [0.3, 0.4) is 0 Å². The van der Waals surface area contributed by atoms with Crippen molar-refractivity contribution < 1.29 is 32.2 Å². The van der Waals surface area contributed by atoms with Gasteiger partial charge in [0.1, 0.15) is 29.0 Å². The minimum Gasteiger partial charge on any atom is -0.493 e. The Balaban J connectivity index is 1.46. The predicted molar refractivity (Wildman–Crippen MR) is 124 cm³/mol. The van der Waals surface area contributed by atoms with Crippen LogP contribution in [0.2, 0.25) is 0 Å². The first-order valence-corrected chi connectivity index (χ1v) is 10.3. The van der Waals surface area contributed by atoms with E-state index in [4.69, 9.17) is 14.2 Å². The monoisotopic (exact) mass is 483 g/mol. The molecule has 2 N–H and O–H groups in total. The number of hydrogen-bond donors (Lipinski definition) is 2. The Morgan fingerprint density at radius 1 is 0.886 bits per heavy atom. The second kappa shape index (κ2) is 10.2. The summed E-state index contributed by atoms with van der Waals surface area (Å²) in [6, 6.07) is 11.2. The molecule has 0 aliphatic rings. The van der Waals surface area contributed by atoms with E-state index in [1.807, 2.05) is 0 Å². The van der Waals surface area contributed by atoms with Gasteiger partial charge in [0, 0.05) is 41.9 Å². The fourth-order valence-corrected chi connectivity index (χ4v) is 3.33. The lowest BCUT2D eigenvalue weighted by molar-refractivity contribution is 0.251. The van der Waals surface area contributed by atoms with Crippen molar-refractivity contribution in [3.63, 3.8) is 0 Å². The van der Waals surface area contributed by atoms with Gasteiger partial charge in [0.15, 0.2) is 11.5 Å². The molecule has 0 spiro atoms. The molecule has 0 aliphatic carbocycles. The van der Waals surface area contributed by atoms with Crippen molar-refractivity contribution in [2.75, 3.05) is 19.5 Å². The van der Waals surface area contributed by atoms with Crippen LogP contribution < -0.4 is 24.8 Å². The third-order valence-electron chi connectivity index (χ3n) is 5.08. The number of rotatable bonds is 7. The van der Waals surface area contributed by atoms with Crippen LogP contribution in [0.4, 0.5) is 23.7 Å². The minimum absolute atomic E-state index is 0.0876. The summed E-state index contributed by atoms with van der Waals surface area (Å²) < 4.78 is 57.8. The summed E-state index contributed by atoms with van der Waals surface area (Å²) in [6.07, 6.45) is 1.55. The Hall–Kier alpha value is -4.47. The third-order valence-corrected chi connectivity index (χ3v) is 5.08. The largest absolute Gasteiger partial charge is 0.493 e. The number of methoxy groups -OCH3 is 2. The van der Waals surface area contributed by atoms with Crippen LogP contribution in [0.25, 0.3) is 10.9 Å². The van der Waals surface area contributed by atoms with E-state index in [0.29, 0.717) is 34.2 Å². The standard InChI is InChI=1S/C25H20F3N3O4/c1-33-23-11-17-21(12-24(23)34-2)29-8-7-22(17)35-16-5-6-20(19(28)10-16)31-25(32)30-13-14-3-4-15(26)9-18(14)27/h3-12H,13H2,1-2H3,(H2,30,31,32). The van der Waals surface area contributed by atoms with Crippen molar-refractivity contribution in [1.29, 1.82) is 0 Å². The molecule has 0 bridgehead atoms. The molecule has 0 radical (unpaired) electrons. The number of hydrogen-bond acceptors (Lipinski definition) is 5. The van der Waals surface area contributed by atoms with Crippen LogP contribution in [0.15, 0.2) is 60.8 Å². The molecule has 10 heteroatoms. The third kappa shape index (κ3) is 5.37. The molecule has 1 aromatic heterocycles. The van der Waals surface area contributed by atoms with E-state index in [9.17, 15) is 18.0 Å². The van der Waals surface area contributed by atoms with Crippen molar-refractivity contribution in [3.05, 3.63) is 83.8 Å². The number of carbonyl (C=O) groups is 1. The van der Waals surface area contributed by atoms with Gasteiger partial charge in [-0.05, 0) is 30.3 Å². The first kappa shape index (κ1) is 23.7. The van der Waals surface area contributed by atoms with Gasteiger partial charge in [-0.3, -0.25) is 4.98 Å². The van der Waals surface area contributed by atoms with Gasteiger partial charge >= 0.3 is 6.03 Å². The molecule has 2 amide bonds. The minimum atomic E-state index is -0.794. The zero-order valence-electron chi connectivity index (χ0n) is 18.7. The smallest absolute Gasteiger partial charge is 0.319 e. The number of nitrogens with zero attached hydrogens (tertiary/aromatic N) is 1. The molecular weight excluding hydrogens is 463 g/mol. The Morgan fingerprint density at radius 3 is 2.37 bits per heavy atom. The Morgan fingerprint density at radius 2 is 1.66 bits per heavy atom. The number of anilines is 1. The maximum absolute atomic E-state index is 14.6. The zero-order valence-corrected chi connectivity index (χ0v) is 18.7. The highest BCUT2D eigenvalue weighted by Gasteiger charge is 2.13. The molecule has 35 heavy (non-hydrogen) atoms.